The molecule has 0 bridgehead atoms. The van der Waals surface area contributed by atoms with Crippen molar-refractivity contribution in [2.75, 3.05) is 19.0 Å². The minimum Gasteiger partial charge on any atom is -0.377 e. The zero-order chi connectivity index (χ0) is 11.8. The van der Waals surface area contributed by atoms with Crippen LogP contribution in [0.25, 0.3) is 12.2 Å². The molecule has 0 atom stereocenters. The predicted molar refractivity (Wildman–Crippen MR) is 72.3 cm³/mol. The van der Waals surface area contributed by atoms with E-state index in [-0.39, 0.29) is 0 Å². The van der Waals surface area contributed by atoms with Crippen molar-refractivity contribution in [3.63, 3.8) is 0 Å². The van der Waals surface area contributed by atoms with Gasteiger partial charge in [-0.05, 0) is 11.6 Å². The number of hydrogen-bond acceptors (Lipinski definition) is 1. The van der Waals surface area contributed by atoms with Crippen molar-refractivity contribution in [1.82, 2.24) is 0 Å². The maximum atomic E-state index is 3.81. The summed E-state index contributed by atoms with van der Waals surface area (Å²) < 4.78 is 0. The molecule has 0 aliphatic rings. The van der Waals surface area contributed by atoms with Crippen molar-refractivity contribution in [1.29, 1.82) is 0 Å². The van der Waals surface area contributed by atoms with E-state index in [4.69, 9.17) is 0 Å². The van der Waals surface area contributed by atoms with Gasteiger partial charge in [-0.1, -0.05) is 51.3 Å². The first-order chi connectivity index (χ1) is 7.20. The molecule has 0 heterocycles. The van der Waals surface area contributed by atoms with Gasteiger partial charge >= 0.3 is 0 Å². The van der Waals surface area contributed by atoms with Crippen LogP contribution < -0.4 is 4.90 Å². The molecule has 15 heavy (non-hydrogen) atoms. The highest BCUT2D eigenvalue weighted by molar-refractivity contribution is 5.75. The Hall–Kier alpha value is -1.50. The highest BCUT2D eigenvalue weighted by atomic mass is 15.1. The van der Waals surface area contributed by atoms with Gasteiger partial charge in [0.15, 0.2) is 0 Å². The van der Waals surface area contributed by atoms with Gasteiger partial charge in [0, 0.05) is 25.3 Å². The van der Waals surface area contributed by atoms with E-state index in [0.717, 1.165) is 11.1 Å². The Morgan fingerprint density at radius 3 is 2.07 bits per heavy atom. The lowest BCUT2D eigenvalue weighted by molar-refractivity contribution is 1.13. The first-order valence-electron chi connectivity index (χ1n) is 5.26. The lowest BCUT2D eigenvalue weighted by Gasteiger charge is -2.17. The molecular weight excluding hydrogens is 182 g/mol. The highest BCUT2D eigenvalue weighted by Gasteiger charge is 2.03. The largest absolute Gasteiger partial charge is 0.377 e. The number of hydrogen-bond donors (Lipinski definition) is 0. The van der Waals surface area contributed by atoms with E-state index in [1.807, 2.05) is 52.2 Å². The first-order valence-corrected chi connectivity index (χ1v) is 5.26. The molecule has 0 radical (unpaired) electrons. The number of rotatable bonds is 3. The molecule has 1 rings (SSSR count). The summed E-state index contributed by atoms with van der Waals surface area (Å²) in [6.45, 7) is 11.6. The van der Waals surface area contributed by atoms with Gasteiger partial charge in [-0.3, -0.25) is 0 Å². The molecule has 0 unspecified atom stereocenters. The molecule has 0 amide bonds. The van der Waals surface area contributed by atoms with Crippen molar-refractivity contribution in [2.45, 2.75) is 13.8 Å². The smallest absolute Gasteiger partial charge is 0.0440 e. The SMILES string of the molecule is C=Cc1cccc(N(C)C)c1C=C.CC. The van der Waals surface area contributed by atoms with Crippen LogP contribution in [0.3, 0.4) is 0 Å². The van der Waals surface area contributed by atoms with E-state index in [1.54, 1.807) is 0 Å². The van der Waals surface area contributed by atoms with E-state index in [1.165, 1.54) is 5.69 Å². The summed E-state index contributed by atoms with van der Waals surface area (Å²) in [5.74, 6) is 0. The van der Waals surface area contributed by atoms with Crippen LogP contribution in [0.4, 0.5) is 5.69 Å². The molecule has 1 aromatic rings. The van der Waals surface area contributed by atoms with Crippen LogP contribution in [0.15, 0.2) is 31.4 Å². The average Bonchev–Trinajstić information content (AvgIpc) is 2.30. The first kappa shape index (κ1) is 13.5. The molecule has 0 saturated heterocycles. The summed E-state index contributed by atoms with van der Waals surface area (Å²) >= 11 is 0. The van der Waals surface area contributed by atoms with Crippen LogP contribution in [-0.4, -0.2) is 14.1 Å². The maximum absolute atomic E-state index is 3.81. The van der Waals surface area contributed by atoms with Crippen LogP contribution in [0.1, 0.15) is 25.0 Å². The molecule has 0 N–H and O–H groups in total. The van der Waals surface area contributed by atoms with E-state index in [0.29, 0.717) is 0 Å². The summed E-state index contributed by atoms with van der Waals surface area (Å²) in [6.07, 6.45) is 3.72. The van der Waals surface area contributed by atoms with Crippen molar-refractivity contribution in [3.8, 4) is 0 Å². The molecule has 0 aliphatic carbocycles. The minimum atomic E-state index is 1.13. The van der Waals surface area contributed by atoms with Crippen molar-refractivity contribution >= 4 is 17.8 Å². The molecular formula is C14H21N. The standard InChI is InChI=1S/C12H15N.C2H6/c1-5-10-8-7-9-12(13(3)4)11(10)6-2;1-2/h5-9H,1-2H2,3-4H3;1-2H3. The van der Waals surface area contributed by atoms with Crippen LogP contribution in [0, 0.1) is 0 Å². The van der Waals surface area contributed by atoms with Gasteiger partial charge < -0.3 is 4.90 Å². The summed E-state index contributed by atoms with van der Waals surface area (Å²) in [4.78, 5) is 2.07. The molecule has 0 aromatic heterocycles. The fraction of sp³-hybridized carbons (Fsp3) is 0.286. The Kier molecular flexibility index (Phi) is 6.19. The van der Waals surface area contributed by atoms with Gasteiger partial charge in [0.05, 0.1) is 0 Å². The van der Waals surface area contributed by atoms with E-state index < -0.39 is 0 Å². The zero-order valence-electron chi connectivity index (χ0n) is 10.2. The molecule has 1 nitrogen and oxygen atoms in total. The molecule has 0 fully saturated rings. The van der Waals surface area contributed by atoms with Crippen molar-refractivity contribution in [2.24, 2.45) is 0 Å². The Balaban J connectivity index is 0.000000921. The van der Waals surface area contributed by atoms with Gasteiger partial charge in [-0.25, -0.2) is 0 Å². The molecule has 0 spiro atoms. The fourth-order valence-electron chi connectivity index (χ4n) is 1.36. The summed E-state index contributed by atoms with van der Waals surface area (Å²) in [6, 6.07) is 6.14. The van der Waals surface area contributed by atoms with Crippen LogP contribution in [-0.2, 0) is 0 Å². The number of anilines is 1. The Morgan fingerprint density at radius 1 is 1.07 bits per heavy atom. The molecule has 0 saturated carbocycles. The second-order valence-corrected chi connectivity index (χ2v) is 3.08. The van der Waals surface area contributed by atoms with Crippen LogP contribution >= 0.6 is 0 Å². The quantitative estimate of drug-likeness (QED) is 0.716. The van der Waals surface area contributed by atoms with E-state index in [2.05, 4.69) is 24.1 Å². The zero-order valence-corrected chi connectivity index (χ0v) is 10.2. The number of benzene rings is 1. The van der Waals surface area contributed by atoms with Crippen molar-refractivity contribution < 1.29 is 0 Å². The maximum Gasteiger partial charge on any atom is 0.0440 e. The number of nitrogens with zero attached hydrogens (tertiary/aromatic N) is 1. The van der Waals surface area contributed by atoms with E-state index in [9.17, 15) is 0 Å². The molecule has 1 heteroatoms. The van der Waals surface area contributed by atoms with Gasteiger partial charge in [0.1, 0.15) is 0 Å². The summed E-state index contributed by atoms with van der Waals surface area (Å²) in [5.41, 5.74) is 3.44. The lowest BCUT2D eigenvalue weighted by atomic mass is 10.0. The fourth-order valence-corrected chi connectivity index (χ4v) is 1.36. The average molecular weight is 203 g/mol. The monoisotopic (exact) mass is 203 g/mol. The van der Waals surface area contributed by atoms with E-state index >= 15 is 0 Å². The summed E-state index contributed by atoms with van der Waals surface area (Å²) in [5, 5.41) is 0. The normalized spacial score (nSPS) is 8.53. The summed E-state index contributed by atoms with van der Waals surface area (Å²) in [7, 11) is 4.05. The van der Waals surface area contributed by atoms with Crippen LogP contribution in [0.5, 0.6) is 0 Å². The molecule has 82 valence electrons. The molecule has 0 aliphatic heterocycles. The Morgan fingerprint density at radius 2 is 1.67 bits per heavy atom. The second kappa shape index (κ2) is 6.88. The molecule has 1 aromatic carbocycles. The van der Waals surface area contributed by atoms with Crippen LogP contribution in [0.2, 0.25) is 0 Å². The minimum absolute atomic E-state index is 1.13. The van der Waals surface area contributed by atoms with Crippen molar-refractivity contribution in [3.05, 3.63) is 42.5 Å². The Labute approximate surface area is 93.7 Å². The Bertz CT molecular complexity index is 324. The van der Waals surface area contributed by atoms with Gasteiger partial charge in [0.25, 0.3) is 0 Å². The van der Waals surface area contributed by atoms with Gasteiger partial charge in [-0.2, -0.15) is 0 Å². The second-order valence-electron chi connectivity index (χ2n) is 3.08. The predicted octanol–water partition coefficient (Wildman–Crippen LogP) is 4.06. The highest BCUT2D eigenvalue weighted by Crippen LogP contribution is 2.23. The lowest BCUT2D eigenvalue weighted by Crippen LogP contribution is -2.10. The third kappa shape index (κ3) is 3.28. The third-order valence-electron chi connectivity index (χ3n) is 2.02. The van der Waals surface area contributed by atoms with Gasteiger partial charge in [0.2, 0.25) is 0 Å². The third-order valence-corrected chi connectivity index (χ3v) is 2.02. The van der Waals surface area contributed by atoms with Gasteiger partial charge in [-0.15, -0.1) is 0 Å². The topological polar surface area (TPSA) is 3.24 Å².